The summed E-state index contributed by atoms with van der Waals surface area (Å²) in [6.07, 6.45) is 8.59. The molecule has 0 N–H and O–H groups in total. The summed E-state index contributed by atoms with van der Waals surface area (Å²) in [7, 11) is 0. The van der Waals surface area contributed by atoms with Gasteiger partial charge in [-0.15, -0.1) is 13.2 Å². The van der Waals surface area contributed by atoms with Crippen molar-refractivity contribution in [2.45, 2.75) is 64.7 Å². The molecule has 2 nitrogen and oxygen atoms in total. The van der Waals surface area contributed by atoms with Crippen molar-refractivity contribution in [3.05, 3.63) is 29.3 Å². The van der Waals surface area contributed by atoms with Crippen LogP contribution in [0.1, 0.15) is 62.5 Å². The summed E-state index contributed by atoms with van der Waals surface area (Å²) in [5.41, 5.74) is 1.22. The van der Waals surface area contributed by atoms with Gasteiger partial charge in [-0.05, 0) is 49.7 Å². The highest BCUT2D eigenvalue weighted by atomic mass is 19.4. The Morgan fingerprint density at radius 3 is 2.42 bits per heavy atom. The predicted octanol–water partition coefficient (Wildman–Crippen LogP) is 6.67. The topological polar surface area (TPSA) is 18.5 Å². The average Bonchev–Trinajstić information content (AvgIpc) is 3.04. The minimum atomic E-state index is -4.73. The highest BCUT2D eigenvalue weighted by Crippen LogP contribution is 2.39. The standard InChI is InChI=1S/C21H27F3O2/c1-15-18(10-9-16-5-2-3-6-16)11-12-19(20(15)26-21(22,23)24)25-14-13-17-7-4-8-17/h9-12,16-17H,2-8,13-14H2,1H3/b10-9+. The third-order valence-electron chi connectivity index (χ3n) is 5.59. The smallest absolute Gasteiger partial charge is 0.490 e. The van der Waals surface area contributed by atoms with Crippen molar-refractivity contribution in [1.82, 2.24) is 0 Å². The molecule has 5 heteroatoms. The molecule has 0 aromatic heterocycles. The van der Waals surface area contributed by atoms with Gasteiger partial charge in [0.25, 0.3) is 0 Å². The van der Waals surface area contributed by atoms with E-state index in [1.165, 1.54) is 32.1 Å². The van der Waals surface area contributed by atoms with Gasteiger partial charge < -0.3 is 9.47 Å². The zero-order valence-corrected chi connectivity index (χ0v) is 15.3. The van der Waals surface area contributed by atoms with E-state index in [0.717, 1.165) is 24.8 Å². The van der Waals surface area contributed by atoms with Gasteiger partial charge in [0.1, 0.15) is 0 Å². The number of alkyl halides is 3. The summed E-state index contributed by atoms with van der Waals surface area (Å²) < 4.78 is 48.6. The van der Waals surface area contributed by atoms with Gasteiger partial charge in [0, 0.05) is 5.56 Å². The zero-order chi connectivity index (χ0) is 18.6. The van der Waals surface area contributed by atoms with Gasteiger partial charge in [-0.2, -0.15) is 0 Å². The third kappa shape index (κ3) is 5.18. The summed E-state index contributed by atoms with van der Waals surface area (Å²) in [4.78, 5) is 0. The Kier molecular flexibility index (Phi) is 6.15. The molecule has 2 aliphatic carbocycles. The van der Waals surface area contributed by atoms with Crippen LogP contribution in [-0.4, -0.2) is 13.0 Å². The van der Waals surface area contributed by atoms with E-state index < -0.39 is 6.36 Å². The largest absolute Gasteiger partial charge is 0.573 e. The second-order valence-corrected chi connectivity index (χ2v) is 7.49. The van der Waals surface area contributed by atoms with E-state index in [1.54, 1.807) is 13.0 Å². The first kappa shape index (κ1) is 19.1. The maximum atomic E-state index is 12.9. The Morgan fingerprint density at radius 1 is 1.08 bits per heavy atom. The normalized spacial score (nSPS) is 19.1. The van der Waals surface area contributed by atoms with E-state index in [-0.39, 0.29) is 11.5 Å². The maximum absolute atomic E-state index is 12.9. The zero-order valence-electron chi connectivity index (χ0n) is 15.3. The Morgan fingerprint density at radius 2 is 1.81 bits per heavy atom. The van der Waals surface area contributed by atoms with Crippen LogP contribution < -0.4 is 9.47 Å². The first-order valence-electron chi connectivity index (χ1n) is 9.63. The van der Waals surface area contributed by atoms with Crippen molar-refractivity contribution in [2.24, 2.45) is 11.8 Å². The Labute approximate surface area is 153 Å². The molecule has 26 heavy (non-hydrogen) atoms. The predicted molar refractivity (Wildman–Crippen MR) is 96.3 cm³/mol. The molecule has 2 aliphatic rings. The third-order valence-corrected chi connectivity index (χ3v) is 5.59. The molecule has 1 aromatic carbocycles. The van der Waals surface area contributed by atoms with E-state index in [2.05, 4.69) is 10.8 Å². The lowest BCUT2D eigenvalue weighted by Crippen LogP contribution is -2.19. The van der Waals surface area contributed by atoms with Crippen molar-refractivity contribution in [1.29, 1.82) is 0 Å². The van der Waals surface area contributed by atoms with Crippen LogP contribution in [0.3, 0.4) is 0 Å². The van der Waals surface area contributed by atoms with E-state index in [9.17, 15) is 13.2 Å². The SMILES string of the molecule is Cc1c(/C=C/C2CCCC2)ccc(OCCC2CCC2)c1OC(F)(F)F. The number of allylic oxidation sites excluding steroid dienone is 1. The lowest BCUT2D eigenvalue weighted by atomic mass is 9.83. The van der Waals surface area contributed by atoms with Crippen LogP contribution in [0.25, 0.3) is 6.08 Å². The molecular weight excluding hydrogens is 341 g/mol. The van der Waals surface area contributed by atoms with Gasteiger partial charge in [0.05, 0.1) is 6.61 Å². The highest BCUT2D eigenvalue weighted by molar-refractivity contribution is 5.62. The number of rotatable bonds is 7. The van der Waals surface area contributed by atoms with Crippen molar-refractivity contribution in [3.63, 3.8) is 0 Å². The van der Waals surface area contributed by atoms with Gasteiger partial charge >= 0.3 is 6.36 Å². The second kappa shape index (κ2) is 8.36. The summed E-state index contributed by atoms with van der Waals surface area (Å²) in [6.45, 7) is 2.09. The van der Waals surface area contributed by atoms with Crippen LogP contribution in [0.15, 0.2) is 18.2 Å². The van der Waals surface area contributed by atoms with Crippen LogP contribution in [0, 0.1) is 18.8 Å². The molecule has 0 unspecified atom stereocenters. The monoisotopic (exact) mass is 368 g/mol. The minimum absolute atomic E-state index is 0.178. The molecule has 0 heterocycles. The van der Waals surface area contributed by atoms with Crippen molar-refractivity contribution in [3.8, 4) is 11.5 Å². The molecule has 0 aliphatic heterocycles. The fourth-order valence-corrected chi connectivity index (χ4v) is 3.73. The van der Waals surface area contributed by atoms with Crippen molar-refractivity contribution in [2.75, 3.05) is 6.61 Å². The molecule has 0 radical (unpaired) electrons. The number of benzene rings is 1. The van der Waals surface area contributed by atoms with Crippen LogP contribution >= 0.6 is 0 Å². The van der Waals surface area contributed by atoms with E-state index in [0.29, 0.717) is 24.0 Å². The second-order valence-electron chi connectivity index (χ2n) is 7.49. The fraction of sp³-hybridized carbons (Fsp3) is 0.619. The molecule has 2 saturated carbocycles. The van der Waals surface area contributed by atoms with E-state index in [1.807, 2.05) is 12.1 Å². The van der Waals surface area contributed by atoms with Crippen LogP contribution in [0.5, 0.6) is 11.5 Å². The number of hydrogen-bond donors (Lipinski definition) is 0. The van der Waals surface area contributed by atoms with Gasteiger partial charge in [-0.25, -0.2) is 0 Å². The van der Waals surface area contributed by atoms with Crippen molar-refractivity contribution < 1.29 is 22.6 Å². The Balaban J connectivity index is 1.74. The molecule has 0 amide bonds. The van der Waals surface area contributed by atoms with Gasteiger partial charge in [0.15, 0.2) is 11.5 Å². The lowest BCUT2D eigenvalue weighted by Gasteiger charge is -2.25. The summed E-state index contributed by atoms with van der Waals surface area (Å²) in [5.74, 6) is 1.15. The fourth-order valence-electron chi connectivity index (χ4n) is 3.73. The van der Waals surface area contributed by atoms with Crippen LogP contribution in [0.2, 0.25) is 0 Å². The Bertz CT molecular complexity index is 627. The van der Waals surface area contributed by atoms with Gasteiger partial charge in [-0.3, -0.25) is 0 Å². The molecule has 3 rings (SSSR count). The molecule has 0 atom stereocenters. The minimum Gasteiger partial charge on any atom is -0.490 e. The van der Waals surface area contributed by atoms with Crippen molar-refractivity contribution >= 4 is 6.08 Å². The molecule has 144 valence electrons. The number of halogens is 3. The maximum Gasteiger partial charge on any atom is 0.573 e. The molecule has 0 saturated heterocycles. The van der Waals surface area contributed by atoms with E-state index in [4.69, 9.17) is 4.74 Å². The quantitative estimate of drug-likeness (QED) is 0.535. The summed E-state index contributed by atoms with van der Waals surface area (Å²) in [6, 6.07) is 3.42. The first-order valence-corrected chi connectivity index (χ1v) is 9.63. The van der Waals surface area contributed by atoms with Crippen LogP contribution in [-0.2, 0) is 0 Å². The van der Waals surface area contributed by atoms with Gasteiger partial charge in [0.2, 0.25) is 0 Å². The van der Waals surface area contributed by atoms with Gasteiger partial charge in [-0.1, -0.05) is 50.3 Å². The van der Waals surface area contributed by atoms with E-state index >= 15 is 0 Å². The molecular formula is C21H27F3O2. The van der Waals surface area contributed by atoms with Crippen LogP contribution in [0.4, 0.5) is 13.2 Å². The average molecular weight is 368 g/mol. The molecule has 0 spiro atoms. The highest BCUT2D eigenvalue weighted by Gasteiger charge is 2.33. The summed E-state index contributed by atoms with van der Waals surface area (Å²) in [5, 5.41) is 0. The summed E-state index contributed by atoms with van der Waals surface area (Å²) >= 11 is 0. The first-order chi connectivity index (χ1) is 12.4. The molecule has 1 aromatic rings. The number of hydrogen-bond acceptors (Lipinski definition) is 2. The molecule has 2 fully saturated rings. The molecule has 0 bridgehead atoms. The Hall–Kier alpha value is -1.65. The lowest BCUT2D eigenvalue weighted by molar-refractivity contribution is -0.275. The number of ether oxygens (including phenoxy) is 2.